The summed E-state index contributed by atoms with van der Waals surface area (Å²) in [6.07, 6.45) is 4.05. The zero-order chi connectivity index (χ0) is 42.7. The minimum atomic E-state index is -1.42. The standard InChI is InChI=1S/C46H45ClFN7O6S/c1-27-35-8-10-37(41(27)47)60-34(23-55-19-17-54(2)18-20-55)25-58-33-7-9-36(59-24-32-13-16-50-43(53-32)29-11-14-49-15-12-29)30(21-33)22-38(46(56)57)61-44-40-39(35)42(62-45(40)52-26-51-44)28-3-5-31(48)6-4-28/h3-11,13,16,21,26,34,38,49H,12,14-15,17-20,22-25H2,1-2H3,(H,56,57)/t34-,38-/m1/s1. The van der Waals surface area contributed by atoms with Gasteiger partial charge in [0.2, 0.25) is 12.0 Å². The minimum absolute atomic E-state index is 0.0741. The van der Waals surface area contributed by atoms with Crippen LogP contribution < -0.4 is 24.3 Å². The van der Waals surface area contributed by atoms with Gasteiger partial charge in [-0.05, 0) is 91.7 Å². The van der Waals surface area contributed by atoms with Gasteiger partial charge in [-0.2, -0.15) is 0 Å². The number of piperazine rings is 1. The maximum absolute atomic E-state index is 14.2. The third-order valence-electron chi connectivity index (χ3n) is 11.4. The molecule has 1 saturated heterocycles. The molecule has 1 fully saturated rings. The second kappa shape index (κ2) is 18.3. The van der Waals surface area contributed by atoms with Crippen molar-refractivity contribution >= 4 is 44.7 Å². The Morgan fingerprint density at radius 3 is 2.68 bits per heavy atom. The lowest BCUT2D eigenvalue weighted by Crippen LogP contribution is -2.49. The molecule has 4 aliphatic rings. The first-order valence-electron chi connectivity index (χ1n) is 20.6. The van der Waals surface area contributed by atoms with Crippen LogP contribution in [0.3, 0.4) is 0 Å². The van der Waals surface area contributed by atoms with E-state index in [0.717, 1.165) is 72.8 Å². The summed E-state index contributed by atoms with van der Waals surface area (Å²) < 4.78 is 40.3. The Morgan fingerprint density at radius 2 is 1.89 bits per heavy atom. The Bertz CT molecular complexity index is 2640. The van der Waals surface area contributed by atoms with Crippen LogP contribution in [-0.4, -0.2) is 112 Å². The smallest absolute Gasteiger partial charge is 0.345 e. The highest BCUT2D eigenvalue weighted by Crippen LogP contribution is 2.49. The molecule has 4 aliphatic heterocycles. The topological polar surface area (TPSA) is 144 Å². The Kier molecular flexibility index (Phi) is 12.3. The van der Waals surface area contributed by atoms with E-state index in [2.05, 4.69) is 43.2 Å². The average molecular weight is 878 g/mol. The molecule has 10 rings (SSSR count). The summed E-state index contributed by atoms with van der Waals surface area (Å²) in [4.78, 5) is 37.6. The zero-order valence-electron chi connectivity index (χ0n) is 34.3. The lowest BCUT2D eigenvalue weighted by Gasteiger charge is -2.34. The number of aromatic nitrogens is 4. The second-order valence-corrected chi connectivity index (χ2v) is 17.0. The number of nitrogens with one attached hydrogen (secondary N) is 1. The van der Waals surface area contributed by atoms with Crippen molar-refractivity contribution in [2.24, 2.45) is 0 Å². The third-order valence-corrected chi connectivity index (χ3v) is 13.0. The van der Waals surface area contributed by atoms with Gasteiger partial charge >= 0.3 is 5.97 Å². The molecule has 16 heteroatoms. The molecule has 0 saturated carbocycles. The lowest BCUT2D eigenvalue weighted by molar-refractivity contribution is -0.145. The average Bonchev–Trinajstić information content (AvgIpc) is 3.68. The highest BCUT2D eigenvalue weighted by atomic mass is 35.5. The van der Waals surface area contributed by atoms with Gasteiger partial charge in [-0.3, -0.25) is 4.90 Å². The van der Waals surface area contributed by atoms with Crippen molar-refractivity contribution < 1.29 is 33.2 Å². The molecule has 0 spiro atoms. The van der Waals surface area contributed by atoms with E-state index in [1.165, 1.54) is 29.8 Å². The van der Waals surface area contributed by atoms with Gasteiger partial charge in [0.05, 0.1) is 16.1 Å². The Morgan fingerprint density at radius 1 is 1.05 bits per heavy atom. The molecule has 13 nitrogen and oxygen atoms in total. The van der Waals surface area contributed by atoms with E-state index in [1.54, 1.807) is 42.6 Å². The van der Waals surface area contributed by atoms with E-state index in [0.29, 0.717) is 61.7 Å². The molecule has 4 bridgehead atoms. The fourth-order valence-corrected chi connectivity index (χ4v) is 9.32. The molecular formula is C46H45ClFN7O6S. The van der Waals surface area contributed by atoms with Gasteiger partial charge in [0.1, 0.15) is 53.5 Å². The van der Waals surface area contributed by atoms with Crippen molar-refractivity contribution in [3.05, 3.63) is 113 Å². The number of likely N-dealkylation sites (N-methyl/N-ethyl adjacent to an activating group) is 1. The number of thiophene rings is 1. The van der Waals surface area contributed by atoms with Crippen LogP contribution in [0.2, 0.25) is 5.02 Å². The van der Waals surface area contributed by atoms with E-state index < -0.39 is 18.2 Å². The number of carboxylic acid groups (broad SMARTS) is 1. The number of hydrogen-bond acceptors (Lipinski definition) is 13. The highest BCUT2D eigenvalue weighted by molar-refractivity contribution is 7.22. The van der Waals surface area contributed by atoms with E-state index in [4.69, 9.17) is 35.5 Å². The number of halogens is 2. The maximum atomic E-state index is 14.2. The quantitative estimate of drug-likeness (QED) is 0.158. The van der Waals surface area contributed by atoms with E-state index in [9.17, 15) is 14.3 Å². The second-order valence-electron chi connectivity index (χ2n) is 15.6. The molecular weight excluding hydrogens is 833 g/mol. The van der Waals surface area contributed by atoms with Crippen LogP contribution in [0, 0.1) is 12.7 Å². The molecule has 0 radical (unpaired) electrons. The zero-order valence-corrected chi connectivity index (χ0v) is 35.8. The van der Waals surface area contributed by atoms with Crippen LogP contribution >= 0.6 is 22.9 Å². The van der Waals surface area contributed by atoms with Gasteiger partial charge in [-0.25, -0.2) is 29.1 Å². The fraction of sp³-hybridized carbons (Fsp3) is 0.326. The first-order chi connectivity index (χ1) is 30.2. The van der Waals surface area contributed by atoms with Crippen LogP contribution in [0.4, 0.5) is 4.39 Å². The van der Waals surface area contributed by atoms with Crippen molar-refractivity contribution in [3.63, 3.8) is 0 Å². The molecule has 62 heavy (non-hydrogen) atoms. The van der Waals surface area contributed by atoms with Gasteiger partial charge in [-0.15, -0.1) is 11.3 Å². The predicted octanol–water partition coefficient (Wildman–Crippen LogP) is 7.33. The van der Waals surface area contributed by atoms with E-state index in [1.807, 2.05) is 19.1 Å². The lowest BCUT2D eigenvalue weighted by atomic mass is 9.96. The van der Waals surface area contributed by atoms with Gasteiger partial charge < -0.3 is 34.3 Å². The molecule has 3 aromatic heterocycles. The fourth-order valence-electron chi connectivity index (χ4n) is 7.96. The molecule has 320 valence electrons. The molecule has 0 unspecified atom stereocenters. The number of carboxylic acids is 1. The number of ether oxygens (including phenoxy) is 4. The summed E-state index contributed by atoms with van der Waals surface area (Å²) in [7, 11) is 2.12. The van der Waals surface area contributed by atoms with Crippen molar-refractivity contribution in [2.45, 2.75) is 38.6 Å². The van der Waals surface area contributed by atoms with Crippen molar-refractivity contribution in [2.75, 3.05) is 59.5 Å². The van der Waals surface area contributed by atoms with E-state index in [-0.39, 0.29) is 31.3 Å². The Hall–Kier alpha value is -5.71. The molecule has 0 amide bonds. The number of nitrogens with zero attached hydrogens (tertiary/aromatic N) is 6. The molecule has 7 heterocycles. The maximum Gasteiger partial charge on any atom is 0.345 e. The third kappa shape index (κ3) is 9.08. The van der Waals surface area contributed by atoms with Crippen LogP contribution in [0.25, 0.3) is 37.4 Å². The van der Waals surface area contributed by atoms with Crippen LogP contribution in [-0.2, 0) is 17.8 Å². The largest absolute Gasteiger partial charge is 0.490 e. The van der Waals surface area contributed by atoms with E-state index >= 15 is 0 Å². The van der Waals surface area contributed by atoms with Gasteiger partial charge in [0.15, 0.2) is 5.82 Å². The Balaban J connectivity index is 1.14. The minimum Gasteiger partial charge on any atom is -0.490 e. The summed E-state index contributed by atoms with van der Waals surface area (Å²) in [5.74, 6) is 0.594. The van der Waals surface area contributed by atoms with Crippen molar-refractivity contribution in [1.82, 2.24) is 35.1 Å². The van der Waals surface area contributed by atoms with Crippen molar-refractivity contribution in [3.8, 4) is 44.7 Å². The van der Waals surface area contributed by atoms with Crippen LogP contribution in [0.15, 0.2) is 79.3 Å². The number of aliphatic carboxylic acids is 1. The molecule has 3 aromatic carbocycles. The molecule has 6 aromatic rings. The van der Waals surface area contributed by atoms with Gasteiger partial charge in [0.25, 0.3) is 0 Å². The molecule has 0 aliphatic carbocycles. The number of hydrogen-bond donors (Lipinski definition) is 2. The Labute approximate surface area is 367 Å². The number of fused-ring (bicyclic) bond motifs is 7. The van der Waals surface area contributed by atoms with Gasteiger partial charge in [-0.1, -0.05) is 35.9 Å². The summed E-state index contributed by atoms with van der Waals surface area (Å²) >= 11 is 8.59. The van der Waals surface area contributed by atoms with Crippen LogP contribution in [0.5, 0.6) is 23.1 Å². The number of carbonyl (C=O) groups is 1. The summed E-state index contributed by atoms with van der Waals surface area (Å²) in [6, 6.07) is 17.1. The number of benzene rings is 3. The summed E-state index contributed by atoms with van der Waals surface area (Å²) in [5.41, 5.74) is 5.16. The number of rotatable bonds is 8. The van der Waals surface area contributed by atoms with Crippen LogP contribution in [0.1, 0.15) is 29.1 Å². The predicted molar refractivity (Wildman–Crippen MR) is 236 cm³/mol. The summed E-state index contributed by atoms with van der Waals surface area (Å²) in [5, 5.41) is 15.0. The summed E-state index contributed by atoms with van der Waals surface area (Å²) in [6.45, 7) is 8.02. The SMILES string of the molecule is Cc1c2ccc(c1Cl)O[C@H](CN1CCN(C)CC1)COc1ccc(OCc3ccnc(C4=CCNCC4)n3)c(c1)C[C@H](C(=O)O)Oc1ncnc3sc(-c4ccc(F)cc4)c-2c13. The molecule has 2 atom stereocenters. The first-order valence-corrected chi connectivity index (χ1v) is 21.8. The van der Waals surface area contributed by atoms with Gasteiger partial charge in [0, 0.05) is 67.9 Å². The molecule has 2 N–H and O–H groups in total. The normalized spacial score (nSPS) is 18.6. The highest BCUT2D eigenvalue weighted by Gasteiger charge is 2.30. The van der Waals surface area contributed by atoms with Crippen molar-refractivity contribution in [1.29, 1.82) is 0 Å². The first kappa shape index (κ1) is 41.6. The monoisotopic (exact) mass is 877 g/mol.